The average Bonchev–Trinajstić information content (AvgIpc) is 3.41. The maximum absolute atomic E-state index is 12.6. The van der Waals surface area contributed by atoms with Crippen molar-refractivity contribution in [2.24, 2.45) is 0 Å². The molecule has 0 fully saturated rings. The van der Waals surface area contributed by atoms with Crippen LogP contribution in [-0.2, 0) is 11.9 Å². The summed E-state index contributed by atoms with van der Waals surface area (Å²) in [6, 6.07) is 7.92. The third-order valence-electron chi connectivity index (χ3n) is 3.67. The zero-order chi connectivity index (χ0) is 19.7. The highest BCUT2D eigenvalue weighted by Gasteiger charge is 2.30. The molecule has 4 rings (SSSR count). The molecule has 0 amide bonds. The first-order valence-electron chi connectivity index (χ1n) is 7.79. The molecule has 144 valence electrons. The van der Waals surface area contributed by atoms with E-state index in [4.69, 9.17) is 14.8 Å². The van der Waals surface area contributed by atoms with Crippen molar-refractivity contribution in [3.05, 3.63) is 54.1 Å². The summed E-state index contributed by atoms with van der Waals surface area (Å²) in [4.78, 5) is 4.18. The highest BCUT2D eigenvalue weighted by Crippen LogP contribution is 2.31. The van der Waals surface area contributed by atoms with Gasteiger partial charge in [0, 0.05) is 5.56 Å². The first-order valence-corrected chi connectivity index (χ1v) is 8.78. The largest absolute Gasteiger partial charge is 0.461 e. The Morgan fingerprint density at radius 2 is 1.89 bits per heavy atom. The summed E-state index contributed by atoms with van der Waals surface area (Å²) in [5, 5.41) is 12.1. The Morgan fingerprint density at radius 3 is 2.57 bits per heavy atom. The molecule has 2 N–H and O–H groups in total. The first-order chi connectivity index (χ1) is 13.4. The minimum Gasteiger partial charge on any atom is -0.461 e. The van der Waals surface area contributed by atoms with Crippen LogP contribution in [0.25, 0.3) is 23.0 Å². The van der Waals surface area contributed by atoms with Gasteiger partial charge in [-0.25, -0.2) is 4.68 Å². The number of thioether (sulfide) groups is 1. The number of benzene rings is 1. The van der Waals surface area contributed by atoms with Crippen LogP contribution in [0.15, 0.2) is 56.8 Å². The fourth-order valence-corrected chi connectivity index (χ4v) is 3.01. The number of hydrogen-bond donors (Lipinski definition) is 1. The number of rotatable bonds is 5. The number of nitrogens with zero attached hydrogens (tertiary/aromatic N) is 5. The van der Waals surface area contributed by atoms with Gasteiger partial charge in [0.25, 0.3) is 0 Å². The molecule has 0 aliphatic carbocycles. The number of alkyl halides is 3. The van der Waals surface area contributed by atoms with Gasteiger partial charge in [0.2, 0.25) is 22.7 Å². The van der Waals surface area contributed by atoms with E-state index in [9.17, 15) is 13.2 Å². The van der Waals surface area contributed by atoms with E-state index >= 15 is 0 Å². The van der Waals surface area contributed by atoms with Gasteiger partial charge in [-0.2, -0.15) is 18.2 Å². The monoisotopic (exact) mass is 408 g/mol. The van der Waals surface area contributed by atoms with Crippen molar-refractivity contribution in [1.29, 1.82) is 0 Å². The Labute approximate surface area is 159 Å². The number of aromatic nitrogens is 5. The molecular weight excluding hydrogens is 397 g/mol. The highest BCUT2D eigenvalue weighted by atomic mass is 32.2. The van der Waals surface area contributed by atoms with Gasteiger partial charge in [0.1, 0.15) is 0 Å². The van der Waals surface area contributed by atoms with E-state index in [0.29, 0.717) is 22.3 Å². The van der Waals surface area contributed by atoms with Gasteiger partial charge in [-0.1, -0.05) is 29.1 Å². The van der Waals surface area contributed by atoms with Crippen molar-refractivity contribution >= 4 is 11.8 Å². The minimum atomic E-state index is -4.40. The van der Waals surface area contributed by atoms with Gasteiger partial charge in [0.15, 0.2) is 5.76 Å². The molecule has 12 heteroatoms. The van der Waals surface area contributed by atoms with Crippen molar-refractivity contribution in [1.82, 2.24) is 25.0 Å². The summed E-state index contributed by atoms with van der Waals surface area (Å²) < 4.78 is 49.5. The van der Waals surface area contributed by atoms with Crippen molar-refractivity contribution < 1.29 is 22.1 Å². The van der Waals surface area contributed by atoms with Gasteiger partial charge in [-0.15, -0.1) is 10.2 Å². The van der Waals surface area contributed by atoms with Crippen LogP contribution in [0.4, 0.5) is 13.2 Å². The van der Waals surface area contributed by atoms with Gasteiger partial charge in [-0.3, -0.25) is 0 Å². The number of hydrogen-bond acceptors (Lipinski definition) is 8. The van der Waals surface area contributed by atoms with Crippen LogP contribution in [0.5, 0.6) is 0 Å². The zero-order valence-corrected chi connectivity index (χ0v) is 14.7. The Kier molecular flexibility index (Phi) is 4.55. The molecule has 8 nitrogen and oxygen atoms in total. The Morgan fingerprint density at radius 1 is 1.11 bits per heavy atom. The predicted octanol–water partition coefficient (Wildman–Crippen LogP) is 3.61. The zero-order valence-electron chi connectivity index (χ0n) is 13.9. The standard InChI is InChI=1S/C16H11F3N6O2S/c17-16(18,19)10-5-3-9(4-6-10)13-21-12(27-24-13)8-28-15-23-22-14(25(15)20)11-2-1-7-26-11/h1-7H,8,20H2. The molecule has 0 saturated carbocycles. The van der Waals surface area contributed by atoms with Crippen LogP contribution in [0.2, 0.25) is 0 Å². The minimum absolute atomic E-state index is 0.190. The third kappa shape index (κ3) is 3.58. The topological polar surface area (TPSA) is 109 Å². The maximum Gasteiger partial charge on any atom is 0.416 e. The van der Waals surface area contributed by atoms with Crippen molar-refractivity contribution in [2.45, 2.75) is 17.1 Å². The van der Waals surface area contributed by atoms with Crippen LogP contribution < -0.4 is 5.84 Å². The van der Waals surface area contributed by atoms with E-state index in [2.05, 4.69) is 20.3 Å². The summed E-state index contributed by atoms with van der Waals surface area (Å²) in [6.45, 7) is 0. The quantitative estimate of drug-likeness (QED) is 0.394. The maximum atomic E-state index is 12.6. The molecule has 1 aromatic carbocycles. The van der Waals surface area contributed by atoms with Crippen LogP contribution in [0, 0.1) is 0 Å². The molecular formula is C16H11F3N6O2S. The molecule has 0 spiro atoms. The Bertz CT molecular complexity index is 1070. The summed E-state index contributed by atoms with van der Waals surface area (Å²) in [5.41, 5.74) is -0.333. The van der Waals surface area contributed by atoms with Crippen LogP contribution in [0.1, 0.15) is 11.5 Å². The summed E-state index contributed by atoms with van der Waals surface area (Å²) in [7, 11) is 0. The molecule has 3 aromatic heterocycles. The van der Waals surface area contributed by atoms with Gasteiger partial charge >= 0.3 is 6.18 Å². The number of halogens is 3. The second-order valence-electron chi connectivity index (χ2n) is 5.53. The van der Waals surface area contributed by atoms with Crippen LogP contribution >= 0.6 is 11.8 Å². The van der Waals surface area contributed by atoms with Crippen molar-refractivity contribution in [3.63, 3.8) is 0 Å². The molecule has 4 aromatic rings. The molecule has 3 heterocycles. The lowest BCUT2D eigenvalue weighted by atomic mass is 10.1. The van der Waals surface area contributed by atoms with E-state index < -0.39 is 11.7 Å². The fraction of sp³-hybridized carbons (Fsp3) is 0.125. The number of furan rings is 1. The molecule has 0 radical (unpaired) electrons. The molecule has 0 saturated heterocycles. The van der Waals surface area contributed by atoms with Gasteiger partial charge in [-0.05, 0) is 24.3 Å². The Hall–Kier alpha value is -3.28. The molecule has 0 aliphatic rings. The molecule has 0 atom stereocenters. The van der Waals surface area contributed by atoms with Crippen LogP contribution in [0.3, 0.4) is 0 Å². The average molecular weight is 408 g/mol. The summed E-state index contributed by atoms with van der Waals surface area (Å²) in [5.74, 6) is 7.50. The summed E-state index contributed by atoms with van der Waals surface area (Å²) in [6.07, 6.45) is -2.90. The van der Waals surface area contributed by atoms with E-state index in [1.165, 1.54) is 34.8 Å². The molecule has 28 heavy (non-hydrogen) atoms. The lowest BCUT2D eigenvalue weighted by molar-refractivity contribution is -0.137. The number of nitrogens with two attached hydrogens (primary N) is 1. The highest BCUT2D eigenvalue weighted by molar-refractivity contribution is 7.98. The van der Waals surface area contributed by atoms with E-state index in [1.54, 1.807) is 12.1 Å². The SMILES string of the molecule is Nn1c(SCc2nc(-c3ccc(C(F)(F)F)cc3)no2)nnc1-c1ccco1. The first kappa shape index (κ1) is 18.1. The molecule has 0 bridgehead atoms. The lowest BCUT2D eigenvalue weighted by Crippen LogP contribution is -2.11. The van der Waals surface area contributed by atoms with Crippen molar-refractivity contribution in [3.8, 4) is 23.0 Å². The summed E-state index contributed by atoms with van der Waals surface area (Å²) >= 11 is 1.21. The fourth-order valence-electron chi connectivity index (χ4n) is 2.31. The normalized spacial score (nSPS) is 11.8. The Balaban J connectivity index is 1.44. The van der Waals surface area contributed by atoms with E-state index in [0.717, 1.165) is 12.1 Å². The van der Waals surface area contributed by atoms with E-state index in [1.807, 2.05) is 0 Å². The van der Waals surface area contributed by atoms with Crippen molar-refractivity contribution in [2.75, 3.05) is 5.84 Å². The number of nitrogen functional groups attached to an aromatic ring is 1. The second-order valence-corrected chi connectivity index (χ2v) is 6.47. The lowest BCUT2D eigenvalue weighted by Gasteiger charge is -2.05. The molecule has 0 unspecified atom stereocenters. The van der Waals surface area contributed by atoms with E-state index in [-0.39, 0.29) is 17.5 Å². The molecule has 0 aliphatic heterocycles. The van der Waals surface area contributed by atoms with Gasteiger partial charge in [0.05, 0.1) is 17.6 Å². The smallest absolute Gasteiger partial charge is 0.416 e. The van der Waals surface area contributed by atoms with Crippen LogP contribution in [-0.4, -0.2) is 25.0 Å². The second kappa shape index (κ2) is 7.03. The predicted molar refractivity (Wildman–Crippen MR) is 92.2 cm³/mol. The van der Waals surface area contributed by atoms with Gasteiger partial charge < -0.3 is 14.8 Å². The third-order valence-corrected chi connectivity index (χ3v) is 4.60.